The number of aromatic nitrogens is 1. The van der Waals surface area contributed by atoms with E-state index in [0.29, 0.717) is 11.4 Å². The fourth-order valence-electron chi connectivity index (χ4n) is 1.03. The van der Waals surface area contributed by atoms with Crippen LogP contribution >= 0.6 is 0 Å². The van der Waals surface area contributed by atoms with E-state index < -0.39 is 0 Å². The Morgan fingerprint density at radius 1 is 1.71 bits per heavy atom. The van der Waals surface area contributed by atoms with Crippen LogP contribution in [-0.4, -0.2) is 16.4 Å². The van der Waals surface area contributed by atoms with Crippen LogP contribution in [0.4, 0.5) is 5.69 Å². The largest absolute Gasteiger partial charge is 0.390 e. The van der Waals surface area contributed by atoms with Gasteiger partial charge in [-0.1, -0.05) is 0 Å². The number of hydrazine groups is 1. The Morgan fingerprint density at radius 2 is 2.43 bits per heavy atom. The van der Waals surface area contributed by atoms with E-state index in [9.17, 15) is 0 Å². The summed E-state index contributed by atoms with van der Waals surface area (Å²) < 4.78 is 0. The Morgan fingerprint density at radius 3 is 2.93 bits per heavy atom. The highest BCUT2D eigenvalue weighted by Gasteiger charge is 2.03. The molecule has 0 aliphatic rings. The SMILES string of the molecule is Cc1cc(N(N)/C=N\N)cnc1CO. The van der Waals surface area contributed by atoms with Gasteiger partial charge in [0.15, 0.2) is 0 Å². The third-order valence-corrected chi connectivity index (χ3v) is 1.81. The highest BCUT2D eigenvalue weighted by atomic mass is 16.3. The number of aryl methyl sites for hydroxylation is 1. The van der Waals surface area contributed by atoms with Crippen LogP contribution in [0.1, 0.15) is 11.3 Å². The molecule has 0 saturated heterocycles. The van der Waals surface area contributed by atoms with Crippen molar-refractivity contribution in [3.8, 4) is 0 Å². The molecule has 5 N–H and O–H groups in total. The van der Waals surface area contributed by atoms with Gasteiger partial charge >= 0.3 is 0 Å². The molecule has 1 rings (SSSR count). The van der Waals surface area contributed by atoms with Crippen molar-refractivity contribution in [2.24, 2.45) is 16.8 Å². The number of aliphatic hydroxyl groups excluding tert-OH is 1. The summed E-state index contributed by atoms with van der Waals surface area (Å²) in [6.07, 6.45) is 2.81. The molecular formula is C8H13N5O. The molecule has 0 spiro atoms. The number of anilines is 1. The van der Waals surface area contributed by atoms with E-state index in [4.69, 9.17) is 16.8 Å². The van der Waals surface area contributed by atoms with Gasteiger partial charge in [0.2, 0.25) is 0 Å². The average molecular weight is 195 g/mol. The van der Waals surface area contributed by atoms with Crippen molar-refractivity contribution in [3.63, 3.8) is 0 Å². The Balaban J connectivity index is 2.96. The predicted molar refractivity (Wildman–Crippen MR) is 54.2 cm³/mol. The summed E-state index contributed by atoms with van der Waals surface area (Å²) in [5.74, 6) is 10.5. The standard InChI is InChI=1S/C8H13N5O/c1-6-2-7(13(10)5-12-9)3-11-8(6)4-14/h2-3,5,14H,4,9-10H2,1H3/b12-5-. The van der Waals surface area contributed by atoms with E-state index in [1.807, 2.05) is 6.92 Å². The smallest absolute Gasteiger partial charge is 0.129 e. The van der Waals surface area contributed by atoms with Crippen molar-refractivity contribution in [2.75, 3.05) is 5.01 Å². The fourth-order valence-corrected chi connectivity index (χ4v) is 1.03. The normalized spacial score (nSPS) is 10.8. The minimum Gasteiger partial charge on any atom is -0.390 e. The number of pyridine rings is 1. The number of hydrogen-bond donors (Lipinski definition) is 3. The molecule has 1 aromatic rings. The number of aliphatic hydroxyl groups is 1. The fraction of sp³-hybridized carbons (Fsp3) is 0.250. The zero-order valence-corrected chi connectivity index (χ0v) is 7.88. The first-order valence-electron chi connectivity index (χ1n) is 4.02. The molecule has 0 radical (unpaired) electrons. The third-order valence-electron chi connectivity index (χ3n) is 1.81. The van der Waals surface area contributed by atoms with E-state index in [-0.39, 0.29) is 6.61 Å². The predicted octanol–water partition coefficient (Wildman–Crippen LogP) is -0.536. The van der Waals surface area contributed by atoms with Gasteiger partial charge in [-0.05, 0) is 18.6 Å². The molecule has 0 atom stereocenters. The summed E-state index contributed by atoms with van der Waals surface area (Å²) in [6, 6.07) is 1.79. The van der Waals surface area contributed by atoms with E-state index in [1.54, 1.807) is 12.3 Å². The molecule has 0 saturated carbocycles. The second-order valence-electron chi connectivity index (χ2n) is 2.79. The van der Waals surface area contributed by atoms with Gasteiger partial charge < -0.3 is 10.9 Å². The van der Waals surface area contributed by atoms with Gasteiger partial charge in [0, 0.05) is 0 Å². The zero-order chi connectivity index (χ0) is 10.6. The first-order valence-corrected chi connectivity index (χ1v) is 4.02. The molecule has 14 heavy (non-hydrogen) atoms. The quantitative estimate of drug-likeness (QED) is 0.260. The van der Waals surface area contributed by atoms with Crippen LogP contribution in [0.25, 0.3) is 0 Å². The molecule has 0 amide bonds. The molecule has 1 aromatic heterocycles. The minimum absolute atomic E-state index is 0.0817. The van der Waals surface area contributed by atoms with Gasteiger partial charge in [-0.15, -0.1) is 0 Å². The highest BCUT2D eigenvalue weighted by molar-refractivity contribution is 5.76. The average Bonchev–Trinajstić information content (AvgIpc) is 2.18. The van der Waals surface area contributed by atoms with Crippen molar-refractivity contribution in [1.29, 1.82) is 0 Å². The van der Waals surface area contributed by atoms with E-state index >= 15 is 0 Å². The van der Waals surface area contributed by atoms with Crippen LogP contribution in [-0.2, 0) is 6.61 Å². The van der Waals surface area contributed by atoms with Crippen molar-refractivity contribution in [3.05, 3.63) is 23.5 Å². The van der Waals surface area contributed by atoms with Gasteiger partial charge in [0.1, 0.15) is 6.34 Å². The van der Waals surface area contributed by atoms with Gasteiger partial charge in [0.25, 0.3) is 0 Å². The second kappa shape index (κ2) is 4.54. The molecule has 0 aromatic carbocycles. The van der Waals surface area contributed by atoms with Crippen LogP contribution in [0.15, 0.2) is 17.4 Å². The van der Waals surface area contributed by atoms with E-state index in [1.165, 1.54) is 11.3 Å². The number of nitrogens with zero attached hydrogens (tertiary/aromatic N) is 3. The molecule has 0 fully saturated rings. The summed E-state index contributed by atoms with van der Waals surface area (Å²) in [5.41, 5.74) is 2.16. The van der Waals surface area contributed by atoms with Crippen molar-refractivity contribution in [2.45, 2.75) is 13.5 Å². The van der Waals surface area contributed by atoms with Crippen molar-refractivity contribution in [1.82, 2.24) is 4.98 Å². The number of rotatable bonds is 3. The van der Waals surface area contributed by atoms with Gasteiger partial charge in [-0.2, -0.15) is 5.10 Å². The summed E-state index contributed by atoms with van der Waals surface area (Å²) in [5, 5.41) is 13.4. The van der Waals surface area contributed by atoms with Crippen LogP contribution in [0.5, 0.6) is 0 Å². The molecule has 0 aliphatic carbocycles. The molecule has 0 unspecified atom stereocenters. The molecule has 6 heteroatoms. The summed E-state index contributed by atoms with van der Waals surface area (Å²) in [4.78, 5) is 4.03. The Kier molecular flexibility index (Phi) is 3.38. The lowest BCUT2D eigenvalue weighted by molar-refractivity contribution is 0.276. The summed E-state index contributed by atoms with van der Waals surface area (Å²) >= 11 is 0. The Bertz CT molecular complexity index is 339. The molecule has 0 aliphatic heterocycles. The second-order valence-corrected chi connectivity index (χ2v) is 2.79. The highest BCUT2D eigenvalue weighted by Crippen LogP contribution is 2.13. The minimum atomic E-state index is -0.0817. The monoisotopic (exact) mass is 195 g/mol. The van der Waals surface area contributed by atoms with Crippen LogP contribution in [0.3, 0.4) is 0 Å². The topological polar surface area (TPSA) is 101 Å². The van der Waals surface area contributed by atoms with Crippen molar-refractivity contribution >= 4 is 12.0 Å². The van der Waals surface area contributed by atoms with Crippen LogP contribution < -0.4 is 16.7 Å². The van der Waals surface area contributed by atoms with Crippen LogP contribution in [0.2, 0.25) is 0 Å². The van der Waals surface area contributed by atoms with Crippen LogP contribution in [0, 0.1) is 6.92 Å². The third kappa shape index (κ3) is 2.18. The zero-order valence-electron chi connectivity index (χ0n) is 7.88. The number of hydrazone groups is 1. The maximum Gasteiger partial charge on any atom is 0.129 e. The Labute approximate surface area is 81.8 Å². The van der Waals surface area contributed by atoms with E-state index in [0.717, 1.165) is 5.56 Å². The maximum absolute atomic E-state index is 8.90. The maximum atomic E-state index is 8.90. The van der Waals surface area contributed by atoms with E-state index in [2.05, 4.69) is 10.1 Å². The molecule has 76 valence electrons. The summed E-state index contributed by atoms with van der Waals surface area (Å²) in [7, 11) is 0. The van der Waals surface area contributed by atoms with Gasteiger partial charge in [-0.25, -0.2) is 5.84 Å². The van der Waals surface area contributed by atoms with Gasteiger partial charge in [0.05, 0.1) is 24.2 Å². The lowest BCUT2D eigenvalue weighted by atomic mass is 10.2. The lowest BCUT2D eigenvalue weighted by Gasteiger charge is -2.13. The first-order chi connectivity index (χ1) is 6.69. The molecule has 0 bridgehead atoms. The molecule has 6 nitrogen and oxygen atoms in total. The first kappa shape index (κ1) is 10.4. The number of nitrogens with two attached hydrogens (primary N) is 2. The molecule has 1 heterocycles. The number of hydrogen-bond acceptors (Lipinski definition) is 5. The van der Waals surface area contributed by atoms with Crippen molar-refractivity contribution < 1.29 is 5.11 Å². The molecular weight excluding hydrogens is 182 g/mol. The summed E-state index contributed by atoms with van der Waals surface area (Å²) in [6.45, 7) is 1.76. The van der Waals surface area contributed by atoms with Gasteiger partial charge in [-0.3, -0.25) is 9.99 Å². The Hall–Kier alpha value is -1.66. The lowest BCUT2D eigenvalue weighted by Crippen LogP contribution is -2.29.